The Morgan fingerprint density at radius 1 is 1.11 bits per heavy atom. The lowest BCUT2D eigenvalue weighted by Crippen LogP contribution is -2.32. The monoisotopic (exact) mass is 382 g/mol. The van der Waals surface area contributed by atoms with Crippen LogP contribution < -0.4 is 10.2 Å². The number of hydrogen-bond donors (Lipinski definition) is 1. The van der Waals surface area contributed by atoms with Crippen LogP contribution in [-0.2, 0) is 4.79 Å². The van der Waals surface area contributed by atoms with Gasteiger partial charge in [0.1, 0.15) is 0 Å². The highest BCUT2D eigenvalue weighted by Crippen LogP contribution is 2.24. The number of amides is 1. The van der Waals surface area contributed by atoms with E-state index in [1.165, 1.54) is 18.5 Å². The number of anilines is 1. The second-order valence-corrected chi connectivity index (χ2v) is 7.81. The highest BCUT2D eigenvalue weighted by atomic mass is 35.5. The number of hydrogen-bond acceptors (Lipinski definition) is 2. The Kier molecular flexibility index (Phi) is 6.57. The van der Waals surface area contributed by atoms with E-state index in [0.29, 0.717) is 5.02 Å². The van der Waals surface area contributed by atoms with Crippen molar-refractivity contribution in [1.29, 1.82) is 0 Å². The molecular formula is C23H27ClN2O. The third kappa shape index (κ3) is 5.61. The third-order valence-electron chi connectivity index (χ3n) is 5.20. The Morgan fingerprint density at radius 2 is 1.74 bits per heavy atom. The van der Waals surface area contributed by atoms with E-state index in [0.717, 1.165) is 30.1 Å². The molecule has 1 saturated heterocycles. The van der Waals surface area contributed by atoms with Gasteiger partial charge in [-0.1, -0.05) is 42.8 Å². The molecule has 0 radical (unpaired) electrons. The molecule has 1 aliphatic heterocycles. The Morgan fingerprint density at radius 3 is 2.37 bits per heavy atom. The quantitative estimate of drug-likeness (QED) is 0.695. The zero-order chi connectivity index (χ0) is 19.2. The predicted molar refractivity (Wildman–Crippen MR) is 114 cm³/mol. The van der Waals surface area contributed by atoms with Crippen LogP contribution in [0.2, 0.25) is 5.02 Å². The summed E-state index contributed by atoms with van der Waals surface area (Å²) in [6.07, 6.45) is 5.87. The van der Waals surface area contributed by atoms with Gasteiger partial charge >= 0.3 is 0 Å². The Labute approximate surface area is 167 Å². The summed E-state index contributed by atoms with van der Waals surface area (Å²) in [5.74, 6) is 0.725. The number of halogens is 1. The summed E-state index contributed by atoms with van der Waals surface area (Å²) in [7, 11) is 0. The molecule has 3 rings (SSSR count). The van der Waals surface area contributed by atoms with Crippen molar-refractivity contribution in [1.82, 2.24) is 5.32 Å². The van der Waals surface area contributed by atoms with Crippen LogP contribution in [0.15, 0.2) is 54.6 Å². The molecule has 3 nitrogen and oxygen atoms in total. The zero-order valence-corrected chi connectivity index (χ0v) is 16.7. The maximum Gasteiger partial charge on any atom is 0.244 e. The van der Waals surface area contributed by atoms with E-state index in [2.05, 4.69) is 41.4 Å². The lowest BCUT2D eigenvalue weighted by Gasteiger charge is -2.32. The van der Waals surface area contributed by atoms with E-state index in [1.807, 2.05) is 31.2 Å². The van der Waals surface area contributed by atoms with Gasteiger partial charge in [-0.15, -0.1) is 0 Å². The molecule has 1 fully saturated rings. The van der Waals surface area contributed by atoms with Gasteiger partial charge in [0, 0.05) is 29.9 Å². The minimum Gasteiger partial charge on any atom is -0.372 e. The van der Waals surface area contributed by atoms with Crippen molar-refractivity contribution in [3.05, 3.63) is 70.8 Å². The summed E-state index contributed by atoms with van der Waals surface area (Å²) in [4.78, 5) is 14.6. The van der Waals surface area contributed by atoms with Crippen molar-refractivity contribution in [3.63, 3.8) is 0 Å². The van der Waals surface area contributed by atoms with Gasteiger partial charge in [0.05, 0.1) is 6.04 Å². The van der Waals surface area contributed by atoms with Gasteiger partial charge in [0.25, 0.3) is 0 Å². The molecule has 0 saturated carbocycles. The smallest absolute Gasteiger partial charge is 0.244 e. The fourth-order valence-corrected chi connectivity index (χ4v) is 3.46. The van der Waals surface area contributed by atoms with E-state index >= 15 is 0 Å². The molecule has 0 aromatic heterocycles. The summed E-state index contributed by atoms with van der Waals surface area (Å²) >= 11 is 5.87. The maximum absolute atomic E-state index is 12.2. The molecule has 2 aromatic carbocycles. The van der Waals surface area contributed by atoms with E-state index in [1.54, 1.807) is 12.2 Å². The van der Waals surface area contributed by atoms with E-state index in [-0.39, 0.29) is 11.9 Å². The molecule has 0 spiro atoms. The molecule has 2 aromatic rings. The zero-order valence-electron chi connectivity index (χ0n) is 16.0. The molecule has 0 aliphatic carbocycles. The first kappa shape index (κ1) is 19.5. The van der Waals surface area contributed by atoms with Crippen LogP contribution in [0.4, 0.5) is 5.69 Å². The molecule has 1 aliphatic rings. The van der Waals surface area contributed by atoms with Crippen LogP contribution in [0.25, 0.3) is 6.08 Å². The first-order valence-corrected chi connectivity index (χ1v) is 9.98. The largest absolute Gasteiger partial charge is 0.372 e. The van der Waals surface area contributed by atoms with Crippen LogP contribution in [0.5, 0.6) is 0 Å². The summed E-state index contributed by atoms with van der Waals surface area (Å²) in [5, 5.41) is 3.70. The number of carbonyl (C=O) groups excluding carboxylic acids is 1. The number of rotatable bonds is 5. The molecule has 1 unspecified atom stereocenters. The molecule has 1 amide bonds. The molecular weight excluding hydrogens is 356 g/mol. The van der Waals surface area contributed by atoms with Crippen LogP contribution in [0, 0.1) is 5.92 Å². The van der Waals surface area contributed by atoms with Crippen LogP contribution in [0.1, 0.15) is 43.9 Å². The summed E-state index contributed by atoms with van der Waals surface area (Å²) in [6, 6.07) is 15.9. The fourth-order valence-electron chi connectivity index (χ4n) is 3.33. The minimum absolute atomic E-state index is 0.0391. The third-order valence-corrected chi connectivity index (χ3v) is 5.45. The van der Waals surface area contributed by atoms with Crippen molar-refractivity contribution in [2.75, 3.05) is 18.0 Å². The Hall–Kier alpha value is -2.26. The Balaban J connectivity index is 1.54. The van der Waals surface area contributed by atoms with E-state index in [9.17, 15) is 4.79 Å². The lowest BCUT2D eigenvalue weighted by atomic mass is 9.98. The van der Waals surface area contributed by atoms with Crippen LogP contribution >= 0.6 is 11.6 Å². The highest BCUT2D eigenvalue weighted by Gasteiger charge is 2.16. The molecule has 1 heterocycles. The molecule has 1 atom stereocenters. The number of piperidine rings is 1. The lowest BCUT2D eigenvalue weighted by molar-refractivity contribution is -0.117. The molecule has 0 bridgehead atoms. The molecule has 4 heteroatoms. The fraction of sp³-hybridized carbons (Fsp3) is 0.348. The standard InChI is InChI=1S/C23H27ClN2O/c1-17-13-15-26(16-14-17)22-10-6-20(7-11-22)18(2)25-23(27)12-5-19-3-8-21(24)9-4-19/h3-12,17-18H,13-16H2,1-2H3,(H,25,27)/b12-5+. The predicted octanol–water partition coefficient (Wildman–Crippen LogP) is 5.47. The molecule has 142 valence electrons. The summed E-state index contributed by atoms with van der Waals surface area (Å²) in [5.41, 5.74) is 3.33. The van der Waals surface area contributed by atoms with Crippen LogP contribution in [0.3, 0.4) is 0 Å². The minimum atomic E-state index is -0.105. The van der Waals surface area contributed by atoms with E-state index < -0.39 is 0 Å². The average Bonchev–Trinajstić information content (AvgIpc) is 2.68. The van der Waals surface area contributed by atoms with Crippen LogP contribution in [-0.4, -0.2) is 19.0 Å². The first-order chi connectivity index (χ1) is 13.0. The van der Waals surface area contributed by atoms with Gasteiger partial charge in [-0.25, -0.2) is 0 Å². The first-order valence-electron chi connectivity index (χ1n) is 9.60. The SMILES string of the molecule is CC1CCN(c2ccc(C(C)NC(=O)/C=C/c3ccc(Cl)cc3)cc2)CC1. The maximum atomic E-state index is 12.2. The Bertz CT molecular complexity index is 775. The summed E-state index contributed by atoms with van der Waals surface area (Å²) < 4.78 is 0. The molecule has 1 N–H and O–H groups in total. The summed E-state index contributed by atoms with van der Waals surface area (Å²) in [6.45, 7) is 6.59. The van der Waals surface area contributed by atoms with E-state index in [4.69, 9.17) is 11.6 Å². The van der Waals surface area contributed by atoms with Crippen molar-refractivity contribution in [2.24, 2.45) is 5.92 Å². The van der Waals surface area contributed by atoms with Gasteiger partial charge < -0.3 is 10.2 Å². The van der Waals surface area contributed by atoms with Gasteiger partial charge in [0.15, 0.2) is 0 Å². The van der Waals surface area contributed by atoms with Gasteiger partial charge in [-0.2, -0.15) is 0 Å². The normalized spacial score (nSPS) is 16.5. The van der Waals surface area contributed by atoms with Crippen molar-refractivity contribution < 1.29 is 4.79 Å². The number of carbonyl (C=O) groups is 1. The van der Waals surface area contributed by atoms with Gasteiger partial charge in [-0.3, -0.25) is 4.79 Å². The van der Waals surface area contributed by atoms with Gasteiger partial charge in [0.2, 0.25) is 5.91 Å². The second kappa shape index (κ2) is 9.09. The second-order valence-electron chi connectivity index (χ2n) is 7.38. The molecule has 27 heavy (non-hydrogen) atoms. The number of nitrogens with zero attached hydrogens (tertiary/aromatic N) is 1. The topological polar surface area (TPSA) is 32.3 Å². The van der Waals surface area contributed by atoms with Crippen molar-refractivity contribution in [2.45, 2.75) is 32.7 Å². The average molecular weight is 383 g/mol. The number of nitrogens with one attached hydrogen (secondary N) is 1. The van der Waals surface area contributed by atoms with Crippen molar-refractivity contribution in [3.8, 4) is 0 Å². The highest BCUT2D eigenvalue weighted by molar-refractivity contribution is 6.30. The van der Waals surface area contributed by atoms with Gasteiger partial charge in [-0.05, 0) is 67.2 Å². The van der Waals surface area contributed by atoms with Crippen molar-refractivity contribution >= 4 is 29.3 Å². The number of benzene rings is 2.